The Balaban J connectivity index is 1.99. The summed E-state index contributed by atoms with van der Waals surface area (Å²) >= 11 is 6.07. The fraction of sp³-hybridized carbons (Fsp3) is 0.150. The molecule has 0 aliphatic carbocycles. The molecule has 4 rings (SSSR count). The van der Waals surface area contributed by atoms with Gasteiger partial charge in [0.25, 0.3) is 5.56 Å². The molecule has 0 radical (unpaired) electrons. The number of imidazole rings is 1. The van der Waals surface area contributed by atoms with E-state index in [1.54, 1.807) is 23.9 Å². The van der Waals surface area contributed by atoms with Gasteiger partial charge < -0.3 is 4.57 Å². The second-order valence-corrected chi connectivity index (χ2v) is 6.61. The Morgan fingerprint density at radius 1 is 1.04 bits per heavy atom. The Hall–Kier alpha value is -3.12. The van der Waals surface area contributed by atoms with Crippen LogP contribution in [-0.4, -0.2) is 18.7 Å². The van der Waals surface area contributed by atoms with E-state index < -0.39 is 5.69 Å². The summed E-state index contributed by atoms with van der Waals surface area (Å²) in [7, 11) is 0. The summed E-state index contributed by atoms with van der Waals surface area (Å²) in [5.74, 6) is 0. The quantitative estimate of drug-likeness (QED) is 0.546. The van der Waals surface area contributed by atoms with Gasteiger partial charge in [0.05, 0.1) is 12.0 Å². The molecule has 0 fully saturated rings. The Kier molecular flexibility index (Phi) is 4.41. The van der Waals surface area contributed by atoms with E-state index in [9.17, 15) is 9.59 Å². The van der Waals surface area contributed by atoms with Crippen molar-refractivity contribution in [3.63, 3.8) is 0 Å². The molecule has 27 heavy (non-hydrogen) atoms. The highest BCUT2D eigenvalue weighted by molar-refractivity contribution is 6.30. The maximum absolute atomic E-state index is 13.0. The third-order valence-corrected chi connectivity index (χ3v) is 4.71. The first kappa shape index (κ1) is 17.3. The van der Waals surface area contributed by atoms with E-state index in [4.69, 9.17) is 11.6 Å². The van der Waals surface area contributed by atoms with Gasteiger partial charge in [0, 0.05) is 18.1 Å². The van der Waals surface area contributed by atoms with Crippen molar-refractivity contribution in [3.05, 3.63) is 92.3 Å². The third kappa shape index (κ3) is 2.98. The smallest absolute Gasteiger partial charge is 0.320 e. The molecule has 136 valence electrons. The molecule has 0 aliphatic rings. The van der Waals surface area contributed by atoms with Crippen molar-refractivity contribution in [1.82, 2.24) is 18.7 Å². The molecule has 2 aromatic heterocycles. The zero-order chi connectivity index (χ0) is 19.0. The van der Waals surface area contributed by atoms with Crippen LogP contribution in [0.15, 0.2) is 70.5 Å². The largest absolute Gasteiger partial charge is 0.337 e. The molecule has 7 heteroatoms. The number of rotatable bonds is 4. The first-order valence-electron chi connectivity index (χ1n) is 8.60. The van der Waals surface area contributed by atoms with Crippen LogP contribution in [-0.2, 0) is 13.1 Å². The van der Waals surface area contributed by atoms with Crippen LogP contribution in [0.25, 0.3) is 16.9 Å². The zero-order valence-corrected chi connectivity index (χ0v) is 15.4. The Morgan fingerprint density at radius 3 is 2.52 bits per heavy atom. The first-order chi connectivity index (χ1) is 13.1. The highest BCUT2D eigenvalue weighted by atomic mass is 35.5. The van der Waals surface area contributed by atoms with Crippen LogP contribution in [0, 0.1) is 0 Å². The second-order valence-electron chi connectivity index (χ2n) is 6.18. The van der Waals surface area contributed by atoms with Crippen LogP contribution in [0.2, 0.25) is 5.02 Å². The summed E-state index contributed by atoms with van der Waals surface area (Å²) in [4.78, 5) is 30.3. The van der Waals surface area contributed by atoms with Crippen LogP contribution >= 0.6 is 11.6 Å². The number of benzene rings is 2. The molecular weight excluding hydrogens is 364 g/mol. The van der Waals surface area contributed by atoms with Crippen LogP contribution in [0.3, 0.4) is 0 Å². The number of para-hydroxylation sites is 1. The lowest BCUT2D eigenvalue weighted by atomic mass is 10.2. The van der Waals surface area contributed by atoms with E-state index in [1.807, 2.05) is 48.5 Å². The van der Waals surface area contributed by atoms with Crippen molar-refractivity contribution in [3.8, 4) is 5.69 Å². The van der Waals surface area contributed by atoms with Gasteiger partial charge in [-0.1, -0.05) is 41.9 Å². The summed E-state index contributed by atoms with van der Waals surface area (Å²) in [6.07, 6.45) is 1.59. The fourth-order valence-electron chi connectivity index (χ4n) is 3.22. The topological polar surface area (TPSA) is 61.8 Å². The molecule has 0 saturated carbocycles. The van der Waals surface area contributed by atoms with Gasteiger partial charge in [-0.2, -0.15) is 0 Å². The predicted molar refractivity (Wildman–Crippen MR) is 106 cm³/mol. The van der Waals surface area contributed by atoms with Gasteiger partial charge in [-0.15, -0.1) is 0 Å². The normalized spacial score (nSPS) is 11.2. The Morgan fingerprint density at radius 2 is 1.81 bits per heavy atom. The molecular formula is C20H17ClN4O2. The molecule has 6 nitrogen and oxygen atoms in total. The van der Waals surface area contributed by atoms with E-state index in [0.717, 1.165) is 5.56 Å². The number of fused-ring (bicyclic) bond motifs is 1. The Bertz CT molecular complexity index is 1240. The number of aromatic nitrogens is 4. The van der Waals surface area contributed by atoms with Gasteiger partial charge in [0.2, 0.25) is 0 Å². The molecule has 0 saturated heterocycles. The van der Waals surface area contributed by atoms with E-state index in [-0.39, 0.29) is 12.1 Å². The van der Waals surface area contributed by atoms with Gasteiger partial charge in [-0.3, -0.25) is 9.36 Å². The fourth-order valence-corrected chi connectivity index (χ4v) is 3.43. The Labute approximate surface area is 159 Å². The lowest BCUT2D eigenvalue weighted by Crippen LogP contribution is -2.39. The maximum Gasteiger partial charge on any atom is 0.337 e. The minimum absolute atomic E-state index is 0.281. The summed E-state index contributed by atoms with van der Waals surface area (Å²) in [5.41, 5.74) is 1.62. The maximum atomic E-state index is 13.0. The molecule has 2 aromatic carbocycles. The number of hydrogen-bond acceptors (Lipinski definition) is 3. The average molecular weight is 381 g/mol. The summed E-state index contributed by atoms with van der Waals surface area (Å²) < 4.78 is 4.47. The summed E-state index contributed by atoms with van der Waals surface area (Å²) in [6.45, 7) is 2.49. The van der Waals surface area contributed by atoms with Gasteiger partial charge in [-0.25, -0.2) is 14.3 Å². The lowest BCUT2D eigenvalue weighted by Gasteiger charge is -2.11. The van der Waals surface area contributed by atoms with Crippen molar-refractivity contribution in [2.45, 2.75) is 20.0 Å². The van der Waals surface area contributed by atoms with Gasteiger partial charge in [0.15, 0.2) is 11.2 Å². The molecule has 0 spiro atoms. The van der Waals surface area contributed by atoms with Crippen LogP contribution in [0.4, 0.5) is 0 Å². The van der Waals surface area contributed by atoms with E-state index in [2.05, 4.69) is 4.98 Å². The second kappa shape index (κ2) is 6.89. The molecule has 4 aromatic rings. The molecule has 0 N–H and O–H groups in total. The van der Waals surface area contributed by atoms with E-state index in [0.29, 0.717) is 28.4 Å². The molecule has 0 bridgehead atoms. The lowest BCUT2D eigenvalue weighted by molar-refractivity contribution is 0.655. The number of hydrogen-bond donors (Lipinski definition) is 0. The van der Waals surface area contributed by atoms with Gasteiger partial charge in [0.1, 0.15) is 0 Å². The van der Waals surface area contributed by atoms with E-state index in [1.165, 1.54) is 9.13 Å². The standard InChI is InChI=1S/C20H17ClN4O2/c1-2-24-19(26)17-18(25(20(24)27)16-9-4-3-5-10-16)22-13-23(17)12-14-7-6-8-15(21)11-14/h3-11,13H,2,12H2,1H3. The van der Waals surface area contributed by atoms with Crippen molar-refractivity contribution in [1.29, 1.82) is 0 Å². The zero-order valence-electron chi connectivity index (χ0n) is 14.7. The SMILES string of the molecule is CCn1c(=O)c2c(ncn2Cc2cccc(Cl)c2)n(-c2ccccc2)c1=O. The van der Waals surface area contributed by atoms with Crippen LogP contribution in [0.5, 0.6) is 0 Å². The van der Waals surface area contributed by atoms with Crippen LogP contribution in [0.1, 0.15) is 12.5 Å². The molecule has 0 unspecified atom stereocenters. The van der Waals surface area contributed by atoms with Crippen molar-refractivity contribution in [2.75, 3.05) is 0 Å². The molecule has 0 amide bonds. The molecule has 2 heterocycles. The van der Waals surface area contributed by atoms with Crippen LogP contribution < -0.4 is 11.2 Å². The highest BCUT2D eigenvalue weighted by Gasteiger charge is 2.18. The number of nitrogens with zero attached hydrogens (tertiary/aromatic N) is 4. The summed E-state index contributed by atoms with van der Waals surface area (Å²) in [5, 5.41) is 0.629. The first-order valence-corrected chi connectivity index (χ1v) is 8.98. The monoisotopic (exact) mass is 380 g/mol. The molecule has 0 atom stereocenters. The summed E-state index contributed by atoms with van der Waals surface area (Å²) in [6, 6.07) is 16.6. The minimum Gasteiger partial charge on any atom is -0.320 e. The van der Waals surface area contributed by atoms with Gasteiger partial charge in [-0.05, 0) is 36.8 Å². The highest BCUT2D eigenvalue weighted by Crippen LogP contribution is 2.16. The van der Waals surface area contributed by atoms with Crippen molar-refractivity contribution in [2.24, 2.45) is 0 Å². The van der Waals surface area contributed by atoms with Crippen molar-refractivity contribution < 1.29 is 0 Å². The number of halogens is 1. The van der Waals surface area contributed by atoms with Crippen molar-refractivity contribution >= 4 is 22.8 Å². The third-order valence-electron chi connectivity index (χ3n) is 4.47. The van der Waals surface area contributed by atoms with E-state index >= 15 is 0 Å². The molecule has 0 aliphatic heterocycles. The van der Waals surface area contributed by atoms with Gasteiger partial charge >= 0.3 is 5.69 Å². The average Bonchev–Trinajstić information content (AvgIpc) is 3.06. The predicted octanol–water partition coefficient (Wildman–Crippen LogP) is 3.07. The minimum atomic E-state index is -0.394.